The van der Waals surface area contributed by atoms with Crippen LogP contribution in [0.4, 0.5) is 0 Å². The minimum absolute atomic E-state index is 0. The van der Waals surface area contributed by atoms with Gasteiger partial charge < -0.3 is 10.3 Å². The Balaban J connectivity index is 0.00000144. The van der Waals surface area contributed by atoms with Crippen molar-refractivity contribution in [2.75, 3.05) is 0 Å². The molecule has 2 heterocycles. The van der Waals surface area contributed by atoms with E-state index in [4.69, 9.17) is 10.3 Å². The second kappa shape index (κ2) is 6.14. The molecule has 0 saturated carbocycles. The summed E-state index contributed by atoms with van der Waals surface area (Å²) in [5.41, 5.74) is 5.93. The average Bonchev–Trinajstić information content (AvgIpc) is 2.88. The zero-order valence-electron chi connectivity index (χ0n) is 9.79. The summed E-state index contributed by atoms with van der Waals surface area (Å²) in [5, 5.41) is 5.97. The van der Waals surface area contributed by atoms with Crippen LogP contribution in [0, 0.1) is 5.92 Å². The molecule has 0 saturated heterocycles. The first-order chi connectivity index (χ1) is 7.66. The van der Waals surface area contributed by atoms with E-state index in [1.165, 1.54) is 4.88 Å². The topological polar surface area (TPSA) is 64.9 Å². The van der Waals surface area contributed by atoms with Gasteiger partial charge in [0.1, 0.15) is 0 Å². The van der Waals surface area contributed by atoms with Gasteiger partial charge >= 0.3 is 0 Å². The summed E-state index contributed by atoms with van der Waals surface area (Å²) in [7, 11) is 0. The van der Waals surface area contributed by atoms with Crippen molar-refractivity contribution in [1.29, 1.82) is 0 Å². The van der Waals surface area contributed by atoms with Crippen LogP contribution in [-0.2, 0) is 6.42 Å². The number of nitrogens with zero attached hydrogens (tertiary/aromatic N) is 2. The maximum Gasteiger partial charge on any atom is 0.243 e. The van der Waals surface area contributed by atoms with Gasteiger partial charge in [-0.1, -0.05) is 25.1 Å². The van der Waals surface area contributed by atoms with Crippen LogP contribution in [0.25, 0.3) is 0 Å². The molecule has 94 valence electrons. The van der Waals surface area contributed by atoms with Gasteiger partial charge in [-0.05, 0) is 17.4 Å². The van der Waals surface area contributed by atoms with Crippen LogP contribution < -0.4 is 5.73 Å². The lowest BCUT2D eigenvalue weighted by Gasteiger charge is -2.09. The predicted octanol–water partition coefficient (Wildman–Crippen LogP) is 2.80. The van der Waals surface area contributed by atoms with Crippen molar-refractivity contribution in [3.8, 4) is 0 Å². The van der Waals surface area contributed by atoms with Crippen LogP contribution in [0.3, 0.4) is 0 Å². The molecular weight excluding hydrogens is 258 g/mol. The average molecular weight is 274 g/mol. The molecule has 17 heavy (non-hydrogen) atoms. The fourth-order valence-corrected chi connectivity index (χ4v) is 2.03. The first-order valence-electron chi connectivity index (χ1n) is 5.27. The van der Waals surface area contributed by atoms with E-state index in [9.17, 15) is 0 Å². The zero-order chi connectivity index (χ0) is 11.5. The molecule has 0 radical (unpaired) electrons. The SMILES string of the molecule is CC(C)[C@H](N)c1nc(Cc2cccs2)no1.Cl. The van der Waals surface area contributed by atoms with Gasteiger partial charge in [-0.3, -0.25) is 0 Å². The minimum Gasteiger partial charge on any atom is -0.338 e. The molecule has 0 fully saturated rings. The first-order valence-corrected chi connectivity index (χ1v) is 6.15. The molecule has 0 aliphatic rings. The molecule has 4 nitrogen and oxygen atoms in total. The molecule has 0 aliphatic heterocycles. The summed E-state index contributed by atoms with van der Waals surface area (Å²) in [5.74, 6) is 1.53. The molecule has 0 amide bonds. The highest BCUT2D eigenvalue weighted by molar-refractivity contribution is 7.09. The molecule has 2 N–H and O–H groups in total. The molecule has 0 aliphatic carbocycles. The summed E-state index contributed by atoms with van der Waals surface area (Å²) in [4.78, 5) is 5.54. The Hall–Kier alpha value is -0.910. The molecule has 2 aromatic rings. The lowest BCUT2D eigenvalue weighted by molar-refractivity contribution is 0.322. The summed E-state index contributed by atoms with van der Waals surface area (Å²) in [6.07, 6.45) is 0.714. The van der Waals surface area contributed by atoms with Crippen molar-refractivity contribution < 1.29 is 4.52 Å². The van der Waals surface area contributed by atoms with Crippen molar-refractivity contribution in [2.24, 2.45) is 11.7 Å². The van der Waals surface area contributed by atoms with Gasteiger partial charge in [0.05, 0.1) is 6.04 Å². The van der Waals surface area contributed by atoms with E-state index in [2.05, 4.69) is 16.2 Å². The van der Waals surface area contributed by atoms with Gasteiger partial charge in [-0.2, -0.15) is 4.98 Å². The first kappa shape index (κ1) is 14.2. The van der Waals surface area contributed by atoms with Crippen molar-refractivity contribution in [1.82, 2.24) is 10.1 Å². The van der Waals surface area contributed by atoms with Crippen molar-refractivity contribution in [2.45, 2.75) is 26.3 Å². The van der Waals surface area contributed by atoms with E-state index in [0.717, 1.165) is 0 Å². The van der Waals surface area contributed by atoms with Gasteiger partial charge in [0.25, 0.3) is 0 Å². The van der Waals surface area contributed by atoms with Crippen molar-refractivity contribution >= 4 is 23.7 Å². The molecule has 2 rings (SSSR count). The van der Waals surface area contributed by atoms with E-state index in [-0.39, 0.29) is 18.4 Å². The van der Waals surface area contributed by atoms with E-state index in [1.807, 2.05) is 25.3 Å². The van der Waals surface area contributed by atoms with E-state index >= 15 is 0 Å². The fourth-order valence-electron chi connectivity index (χ4n) is 1.33. The summed E-state index contributed by atoms with van der Waals surface area (Å²) in [6, 6.07) is 3.90. The molecule has 1 atom stereocenters. The van der Waals surface area contributed by atoms with Crippen LogP contribution >= 0.6 is 23.7 Å². The van der Waals surface area contributed by atoms with Crippen LogP contribution in [-0.4, -0.2) is 10.1 Å². The molecular formula is C11H16ClN3OS. The lowest BCUT2D eigenvalue weighted by atomic mass is 10.1. The van der Waals surface area contributed by atoms with Crippen molar-refractivity contribution in [3.63, 3.8) is 0 Å². The van der Waals surface area contributed by atoms with Crippen LogP contribution in [0.1, 0.15) is 36.5 Å². The van der Waals surface area contributed by atoms with Crippen LogP contribution in [0.2, 0.25) is 0 Å². The van der Waals surface area contributed by atoms with Gasteiger partial charge in [0.2, 0.25) is 5.89 Å². The van der Waals surface area contributed by atoms with Crippen LogP contribution in [0.15, 0.2) is 22.0 Å². The highest BCUT2D eigenvalue weighted by atomic mass is 35.5. The monoisotopic (exact) mass is 273 g/mol. The highest BCUT2D eigenvalue weighted by Crippen LogP contribution is 2.18. The third kappa shape index (κ3) is 3.52. The second-order valence-corrected chi connectivity index (χ2v) is 5.11. The Labute approximate surface area is 111 Å². The maximum atomic E-state index is 5.93. The quantitative estimate of drug-likeness (QED) is 0.930. The van der Waals surface area contributed by atoms with Crippen LogP contribution in [0.5, 0.6) is 0 Å². The van der Waals surface area contributed by atoms with E-state index < -0.39 is 0 Å². The maximum absolute atomic E-state index is 5.93. The normalized spacial score (nSPS) is 12.5. The number of hydrogen-bond donors (Lipinski definition) is 1. The van der Waals surface area contributed by atoms with E-state index in [0.29, 0.717) is 24.1 Å². The summed E-state index contributed by atoms with van der Waals surface area (Å²) < 4.78 is 5.16. The molecule has 0 unspecified atom stereocenters. The number of aromatic nitrogens is 2. The highest BCUT2D eigenvalue weighted by Gasteiger charge is 2.18. The van der Waals surface area contributed by atoms with Gasteiger partial charge in [0.15, 0.2) is 5.82 Å². The Morgan fingerprint density at radius 1 is 1.47 bits per heavy atom. The Bertz CT molecular complexity index is 441. The largest absolute Gasteiger partial charge is 0.338 e. The Morgan fingerprint density at radius 2 is 2.24 bits per heavy atom. The number of hydrogen-bond acceptors (Lipinski definition) is 5. The number of halogens is 1. The van der Waals surface area contributed by atoms with E-state index in [1.54, 1.807) is 11.3 Å². The summed E-state index contributed by atoms with van der Waals surface area (Å²) >= 11 is 1.69. The molecule has 0 spiro atoms. The molecule has 0 bridgehead atoms. The third-order valence-electron chi connectivity index (χ3n) is 2.40. The molecule has 6 heteroatoms. The number of thiophene rings is 1. The number of rotatable bonds is 4. The van der Waals surface area contributed by atoms with Gasteiger partial charge in [-0.15, -0.1) is 23.7 Å². The Kier molecular flexibility index (Phi) is 5.11. The molecule has 2 aromatic heterocycles. The summed E-state index contributed by atoms with van der Waals surface area (Å²) in [6.45, 7) is 4.07. The van der Waals surface area contributed by atoms with Gasteiger partial charge in [0, 0.05) is 11.3 Å². The third-order valence-corrected chi connectivity index (χ3v) is 3.28. The smallest absolute Gasteiger partial charge is 0.243 e. The Morgan fingerprint density at radius 3 is 2.82 bits per heavy atom. The standard InChI is InChI=1S/C11H15N3OS.ClH/c1-7(2)10(12)11-13-9(14-15-11)6-8-4-3-5-16-8;/h3-5,7,10H,6,12H2,1-2H3;1H/t10-;/m0./s1. The lowest BCUT2D eigenvalue weighted by Crippen LogP contribution is -2.17. The second-order valence-electron chi connectivity index (χ2n) is 4.07. The molecule has 0 aromatic carbocycles. The van der Waals surface area contributed by atoms with Gasteiger partial charge in [-0.25, -0.2) is 0 Å². The zero-order valence-corrected chi connectivity index (χ0v) is 11.4. The minimum atomic E-state index is -0.176. The fraction of sp³-hybridized carbons (Fsp3) is 0.455. The number of nitrogens with two attached hydrogens (primary N) is 1. The van der Waals surface area contributed by atoms with Crippen molar-refractivity contribution in [3.05, 3.63) is 34.1 Å². The predicted molar refractivity (Wildman–Crippen MR) is 70.4 cm³/mol.